The second-order valence-corrected chi connectivity index (χ2v) is 6.99. The summed E-state index contributed by atoms with van der Waals surface area (Å²) in [6.45, 7) is 10.5. The van der Waals surface area contributed by atoms with Crippen molar-refractivity contribution in [2.75, 3.05) is 21.1 Å². The Balaban J connectivity index is -0.000000103. The van der Waals surface area contributed by atoms with Crippen LogP contribution in [0.3, 0.4) is 0 Å². The third-order valence-electron chi connectivity index (χ3n) is 2.11. The fraction of sp³-hybridized carbons (Fsp3) is 0.789. The summed E-state index contributed by atoms with van der Waals surface area (Å²) in [5.74, 6) is -2.87. The Morgan fingerprint density at radius 2 is 1.10 bits per heavy atom. The summed E-state index contributed by atoms with van der Waals surface area (Å²) in [6, 6.07) is -2.08. The van der Waals surface area contributed by atoms with Gasteiger partial charge in [-0.2, -0.15) is 0 Å². The van der Waals surface area contributed by atoms with Crippen LogP contribution in [0.25, 0.3) is 0 Å². The number of nitrogens with zero attached hydrogens (tertiary/aromatic N) is 2. The highest BCUT2D eigenvalue weighted by Crippen LogP contribution is 1.96. The summed E-state index contributed by atoms with van der Waals surface area (Å²) in [6.07, 6.45) is -0.144. The molecule has 2 atom stereocenters. The maximum absolute atomic E-state index is 10.2. The molecule has 0 aliphatic heterocycles. The molecule has 0 spiro atoms. The molecule has 0 aromatic heterocycles. The highest BCUT2D eigenvalue weighted by Gasteiger charge is 2.13. The van der Waals surface area contributed by atoms with Gasteiger partial charge in [0.25, 0.3) is 5.91 Å². The number of nitroso groups, excluding NO2 is 1. The molecule has 12 nitrogen and oxygen atoms in total. The van der Waals surface area contributed by atoms with E-state index in [1.54, 1.807) is 0 Å². The smallest absolute Gasteiger partial charge is 0.320 e. The minimum Gasteiger partial charge on any atom is -0.480 e. The van der Waals surface area contributed by atoms with Crippen LogP contribution >= 0.6 is 0 Å². The average Bonchev–Trinajstić information content (AvgIpc) is 2.64. The monoisotopic (exact) mass is 453 g/mol. The van der Waals surface area contributed by atoms with Gasteiger partial charge in [-0.05, 0) is 39.9 Å². The van der Waals surface area contributed by atoms with Crippen molar-refractivity contribution in [2.45, 2.75) is 72.4 Å². The number of hydrogen-bond donors (Lipinski definition) is 5. The van der Waals surface area contributed by atoms with Crippen LogP contribution < -0.4 is 17.2 Å². The van der Waals surface area contributed by atoms with E-state index in [9.17, 15) is 24.1 Å². The van der Waals surface area contributed by atoms with Crippen molar-refractivity contribution < 1.29 is 29.4 Å². The Bertz CT molecular complexity index is 475. The largest absolute Gasteiger partial charge is 0.480 e. The SMILES string of the molecule is CC.CC(C)C.CN(C)C.NC(=O)CCC(N)C(=O)O.NC(CCC(=O)N=O)C(=O)O. The van der Waals surface area contributed by atoms with Gasteiger partial charge >= 0.3 is 11.9 Å². The van der Waals surface area contributed by atoms with Crippen LogP contribution in [0.4, 0.5) is 0 Å². The number of rotatable bonds is 8. The van der Waals surface area contributed by atoms with Crippen LogP contribution in [-0.2, 0) is 19.2 Å². The molecule has 0 aliphatic rings. The van der Waals surface area contributed by atoms with Gasteiger partial charge in [-0.15, -0.1) is 4.91 Å². The first-order chi connectivity index (χ1) is 14.1. The van der Waals surface area contributed by atoms with Crippen molar-refractivity contribution in [3.05, 3.63) is 4.91 Å². The van der Waals surface area contributed by atoms with E-state index >= 15 is 0 Å². The number of amides is 2. The van der Waals surface area contributed by atoms with Crippen molar-refractivity contribution in [1.29, 1.82) is 0 Å². The van der Waals surface area contributed by atoms with Gasteiger partial charge in [-0.25, -0.2) is 0 Å². The van der Waals surface area contributed by atoms with E-state index in [0.717, 1.165) is 5.92 Å². The number of aliphatic carboxylic acids is 2. The number of nitrogens with two attached hydrogens (primary N) is 3. The van der Waals surface area contributed by atoms with Crippen LogP contribution in [0.15, 0.2) is 5.18 Å². The van der Waals surface area contributed by atoms with Crippen LogP contribution in [0, 0.1) is 10.8 Å². The summed E-state index contributed by atoms with van der Waals surface area (Å²) >= 11 is 0. The first-order valence-electron chi connectivity index (χ1n) is 9.80. The summed E-state index contributed by atoms with van der Waals surface area (Å²) in [5.41, 5.74) is 14.8. The van der Waals surface area contributed by atoms with E-state index in [1.807, 2.05) is 39.9 Å². The van der Waals surface area contributed by atoms with Crippen LogP contribution in [0.2, 0.25) is 0 Å². The van der Waals surface area contributed by atoms with Crippen molar-refractivity contribution in [1.82, 2.24) is 4.90 Å². The summed E-state index contributed by atoms with van der Waals surface area (Å²) in [7, 11) is 6.00. The number of hydrogen-bond acceptors (Lipinski definition) is 8. The molecule has 186 valence electrons. The predicted molar refractivity (Wildman–Crippen MR) is 121 cm³/mol. The molecule has 0 aromatic carbocycles. The van der Waals surface area contributed by atoms with E-state index in [2.05, 4.69) is 25.9 Å². The fourth-order valence-corrected chi connectivity index (χ4v) is 0.869. The molecular weight excluding hydrogens is 410 g/mol. The first kappa shape index (κ1) is 39.1. The van der Waals surface area contributed by atoms with Gasteiger partial charge in [-0.1, -0.05) is 34.6 Å². The second kappa shape index (κ2) is 27.6. The number of carbonyl (C=O) groups excluding carboxylic acids is 2. The van der Waals surface area contributed by atoms with Gasteiger partial charge in [0.15, 0.2) is 0 Å². The molecule has 0 saturated heterocycles. The van der Waals surface area contributed by atoms with Crippen molar-refractivity contribution in [2.24, 2.45) is 28.3 Å². The molecule has 0 saturated carbocycles. The van der Waals surface area contributed by atoms with E-state index in [-0.39, 0.29) is 25.7 Å². The highest BCUT2D eigenvalue weighted by atomic mass is 16.4. The lowest BCUT2D eigenvalue weighted by Crippen LogP contribution is -2.31. The minimum absolute atomic E-state index is 0.0213. The summed E-state index contributed by atoms with van der Waals surface area (Å²) in [4.78, 5) is 51.9. The van der Waals surface area contributed by atoms with E-state index < -0.39 is 35.8 Å². The third-order valence-corrected chi connectivity index (χ3v) is 2.11. The van der Waals surface area contributed by atoms with Crippen molar-refractivity contribution in [3.8, 4) is 0 Å². The topological polar surface area (TPSA) is 219 Å². The number of carboxylic acid groups (broad SMARTS) is 2. The first-order valence-corrected chi connectivity index (χ1v) is 9.80. The number of carbonyl (C=O) groups is 4. The van der Waals surface area contributed by atoms with Gasteiger partial charge in [0.2, 0.25) is 5.91 Å². The lowest BCUT2D eigenvalue weighted by atomic mass is 10.2. The third kappa shape index (κ3) is 58.4. The van der Waals surface area contributed by atoms with E-state index in [1.165, 1.54) is 0 Å². The van der Waals surface area contributed by atoms with Crippen LogP contribution in [0.1, 0.15) is 60.3 Å². The minimum atomic E-state index is -1.19. The van der Waals surface area contributed by atoms with Gasteiger partial charge in [0, 0.05) is 18.0 Å². The zero-order chi connectivity index (χ0) is 26.2. The van der Waals surface area contributed by atoms with Gasteiger partial charge in [0.1, 0.15) is 12.1 Å². The quantitative estimate of drug-likeness (QED) is 0.328. The van der Waals surface area contributed by atoms with Crippen molar-refractivity contribution >= 4 is 23.8 Å². The molecule has 0 fully saturated rings. The predicted octanol–water partition coefficient (Wildman–Crippen LogP) is 1.00. The summed E-state index contributed by atoms with van der Waals surface area (Å²) < 4.78 is 0. The lowest BCUT2D eigenvalue weighted by Gasteiger charge is -2.01. The maximum Gasteiger partial charge on any atom is 0.320 e. The Kier molecular flexibility index (Phi) is 34.7. The molecule has 12 heteroatoms. The maximum atomic E-state index is 10.2. The molecule has 0 heterocycles. The van der Waals surface area contributed by atoms with Gasteiger partial charge in [0.05, 0.1) is 0 Å². The molecule has 0 aliphatic carbocycles. The standard InChI is InChI=1S/C5H8N2O4.C5H10N2O3.C4H10.C3H9N.C2H6/c6-3(5(9)10)1-2-4(8)7-11;6-3(5(9)10)1-2-4(7)8;2*1-4(2)3;1-2/h3H,1-2,6H2,(H,9,10);3H,1-2,6H2,(H2,7,8)(H,9,10);4H,1-3H3;1-3H3;1-2H3. The normalized spacial score (nSPS) is 10.8. The molecule has 2 unspecified atom stereocenters. The van der Waals surface area contributed by atoms with Gasteiger partial charge in [-0.3, -0.25) is 19.2 Å². The van der Waals surface area contributed by atoms with E-state index in [0.29, 0.717) is 0 Å². The fourth-order valence-electron chi connectivity index (χ4n) is 0.869. The molecule has 0 rings (SSSR count). The molecular formula is C19H43N5O7. The Labute approximate surface area is 185 Å². The number of carboxylic acids is 2. The second-order valence-electron chi connectivity index (χ2n) is 6.99. The molecule has 0 radical (unpaired) electrons. The summed E-state index contributed by atoms with van der Waals surface area (Å²) in [5, 5.41) is 18.5. The zero-order valence-electron chi connectivity index (χ0n) is 20.1. The van der Waals surface area contributed by atoms with Crippen LogP contribution in [-0.4, -0.2) is 72.1 Å². The van der Waals surface area contributed by atoms with Crippen LogP contribution in [0.5, 0.6) is 0 Å². The van der Waals surface area contributed by atoms with E-state index in [4.69, 9.17) is 27.4 Å². The average molecular weight is 454 g/mol. The molecule has 2 amide bonds. The lowest BCUT2D eigenvalue weighted by molar-refractivity contribution is -0.139. The van der Waals surface area contributed by atoms with Gasteiger partial charge < -0.3 is 32.3 Å². The molecule has 0 aromatic rings. The molecule has 31 heavy (non-hydrogen) atoms. The highest BCUT2D eigenvalue weighted by molar-refractivity contribution is 5.78. The zero-order valence-corrected chi connectivity index (χ0v) is 20.1. The Morgan fingerprint density at radius 3 is 1.29 bits per heavy atom. The van der Waals surface area contributed by atoms with Crippen molar-refractivity contribution in [3.63, 3.8) is 0 Å². The Morgan fingerprint density at radius 1 is 0.839 bits per heavy atom. The molecule has 8 N–H and O–H groups in total. The molecule has 0 bridgehead atoms. The number of primary amides is 1. The Hall–Kier alpha value is -2.44.